The van der Waals surface area contributed by atoms with Gasteiger partial charge in [0.15, 0.2) is 0 Å². The van der Waals surface area contributed by atoms with Crippen LogP contribution in [0.5, 0.6) is 0 Å². The molecule has 0 bridgehead atoms. The van der Waals surface area contributed by atoms with Gasteiger partial charge in [-0.05, 0) is 32.9 Å². The lowest BCUT2D eigenvalue weighted by molar-refractivity contribution is 0.120. The highest BCUT2D eigenvalue weighted by molar-refractivity contribution is 8.00. The molecule has 0 aromatic rings. The van der Waals surface area contributed by atoms with Gasteiger partial charge in [-0.25, -0.2) is 9.52 Å². The van der Waals surface area contributed by atoms with Crippen LogP contribution < -0.4 is 10.5 Å². The largest absolute Gasteiger partial charge is 0.446 e. The van der Waals surface area contributed by atoms with Gasteiger partial charge >= 0.3 is 16.3 Å². The molecule has 0 aromatic heterocycles. The fourth-order valence-electron chi connectivity index (χ4n) is 2.03. The SMILES string of the molecule is CSC1(CN)CCN(S(=O)(=O)NC(=O)OC(C)C)CC1. The Kier molecular flexibility index (Phi) is 6.11. The minimum atomic E-state index is -3.84. The maximum atomic E-state index is 12.0. The molecule has 1 aliphatic rings. The van der Waals surface area contributed by atoms with Crippen LogP contribution >= 0.6 is 11.8 Å². The summed E-state index contributed by atoms with van der Waals surface area (Å²) in [7, 11) is -3.84. The first kappa shape index (κ1) is 17.5. The van der Waals surface area contributed by atoms with Gasteiger partial charge in [0, 0.05) is 24.4 Å². The van der Waals surface area contributed by atoms with Gasteiger partial charge in [0.25, 0.3) is 0 Å². The monoisotopic (exact) mass is 325 g/mol. The normalized spacial score (nSPS) is 19.9. The number of carbonyl (C=O) groups is 1. The molecule has 0 radical (unpaired) electrons. The quantitative estimate of drug-likeness (QED) is 0.764. The van der Waals surface area contributed by atoms with Gasteiger partial charge in [0.1, 0.15) is 0 Å². The van der Waals surface area contributed by atoms with Gasteiger partial charge in [-0.3, -0.25) is 0 Å². The topological polar surface area (TPSA) is 102 Å². The molecule has 1 aliphatic heterocycles. The Morgan fingerprint density at radius 3 is 2.40 bits per heavy atom. The highest BCUT2D eigenvalue weighted by Gasteiger charge is 2.37. The van der Waals surface area contributed by atoms with Gasteiger partial charge in [-0.15, -0.1) is 0 Å². The van der Waals surface area contributed by atoms with Crippen molar-refractivity contribution in [2.24, 2.45) is 5.73 Å². The van der Waals surface area contributed by atoms with Gasteiger partial charge in [0.2, 0.25) is 0 Å². The number of hydrogen-bond acceptors (Lipinski definition) is 6. The van der Waals surface area contributed by atoms with Crippen molar-refractivity contribution in [2.75, 3.05) is 25.9 Å². The molecule has 0 aliphatic carbocycles. The van der Waals surface area contributed by atoms with Crippen molar-refractivity contribution in [1.29, 1.82) is 0 Å². The first-order chi connectivity index (χ1) is 9.24. The summed E-state index contributed by atoms with van der Waals surface area (Å²) in [6.45, 7) is 4.53. The standard InChI is InChI=1S/C11H23N3O4S2/c1-9(2)18-10(15)13-20(16,17)14-6-4-11(8-12,19-3)5-7-14/h9H,4-8,12H2,1-3H3,(H,13,15). The van der Waals surface area contributed by atoms with Crippen LogP contribution in [0.2, 0.25) is 0 Å². The van der Waals surface area contributed by atoms with Crippen molar-refractivity contribution in [1.82, 2.24) is 9.03 Å². The number of thioether (sulfide) groups is 1. The first-order valence-electron chi connectivity index (χ1n) is 6.48. The molecule has 0 atom stereocenters. The van der Waals surface area contributed by atoms with E-state index in [4.69, 9.17) is 10.5 Å². The van der Waals surface area contributed by atoms with Crippen molar-refractivity contribution in [3.63, 3.8) is 0 Å². The molecule has 1 amide bonds. The van der Waals surface area contributed by atoms with Crippen LogP contribution in [0.3, 0.4) is 0 Å². The number of amides is 1. The highest BCUT2D eigenvalue weighted by Crippen LogP contribution is 2.33. The summed E-state index contributed by atoms with van der Waals surface area (Å²) < 4.78 is 32.0. The van der Waals surface area contributed by atoms with E-state index < -0.39 is 16.3 Å². The number of nitrogens with one attached hydrogen (secondary N) is 1. The zero-order valence-corrected chi connectivity index (χ0v) is 13.7. The number of rotatable bonds is 5. The van der Waals surface area contributed by atoms with Crippen LogP contribution in [0, 0.1) is 0 Å². The van der Waals surface area contributed by atoms with Crippen LogP contribution in [-0.4, -0.2) is 55.6 Å². The number of nitrogens with two attached hydrogens (primary N) is 1. The minimum absolute atomic E-state index is 0.0650. The zero-order chi connectivity index (χ0) is 15.4. The van der Waals surface area contributed by atoms with Crippen LogP contribution in [0.4, 0.5) is 4.79 Å². The Hall–Kier alpha value is -0.510. The Morgan fingerprint density at radius 2 is 2.00 bits per heavy atom. The maximum absolute atomic E-state index is 12.0. The van der Waals surface area contributed by atoms with Gasteiger partial charge < -0.3 is 10.5 Å². The summed E-state index contributed by atoms with van der Waals surface area (Å²) in [5, 5.41) is 0. The van der Waals surface area contributed by atoms with Crippen molar-refractivity contribution in [3.05, 3.63) is 0 Å². The van der Waals surface area contributed by atoms with Crippen molar-refractivity contribution < 1.29 is 17.9 Å². The van der Waals surface area contributed by atoms with E-state index in [1.807, 2.05) is 11.0 Å². The molecule has 1 saturated heterocycles. The summed E-state index contributed by atoms with van der Waals surface area (Å²) in [6.07, 6.45) is 2.01. The maximum Gasteiger partial charge on any atom is 0.422 e. The molecule has 1 rings (SSSR count). The van der Waals surface area contributed by atoms with Crippen LogP contribution in [-0.2, 0) is 14.9 Å². The van der Waals surface area contributed by atoms with Gasteiger partial charge in [-0.2, -0.15) is 24.5 Å². The van der Waals surface area contributed by atoms with E-state index in [-0.39, 0.29) is 10.9 Å². The Labute approximate surface area is 124 Å². The molecule has 3 N–H and O–H groups in total. The third kappa shape index (κ3) is 4.51. The summed E-state index contributed by atoms with van der Waals surface area (Å²) >= 11 is 1.67. The smallest absolute Gasteiger partial charge is 0.422 e. The second-order valence-corrected chi connectivity index (χ2v) is 8.00. The Bertz CT molecular complexity index is 425. The number of carbonyl (C=O) groups excluding carboxylic acids is 1. The van der Waals surface area contributed by atoms with E-state index in [0.29, 0.717) is 32.5 Å². The molecule has 7 nitrogen and oxygen atoms in total. The number of hydrogen-bond donors (Lipinski definition) is 2. The van der Waals surface area contributed by atoms with Gasteiger partial charge in [-0.1, -0.05) is 0 Å². The predicted molar refractivity (Wildman–Crippen MR) is 79.8 cm³/mol. The van der Waals surface area contributed by atoms with Crippen LogP contribution in [0.25, 0.3) is 0 Å². The molecule has 9 heteroatoms. The lowest BCUT2D eigenvalue weighted by Crippen LogP contribution is -2.52. The average Bonchev–Trinajstić information content (AvgIpc) is 2.37. The molecule has 0 spiro atoms. The molecule has 1 heterocycles. The van der Waals surface area contributed by atoms with Crippen molar-refractivity contribution in [3.8, 4) is 0 Å². The Balaban J connectivity index is 2.61. The van der Waals surface area contributed by atoms with E-state index >= 15 is 0 Å². The van der Waals surface area contributed by atoms with Gasteiger partial charge in [0.05, 0.1) is 6.10 Å². The summed E-state index contributed by atoms with van der Waals surface area (Å²) in [6, 6.07) is 0. The number of ether oxygens (including phenoxy) is 1. The highest BCUT2D eigenvalue weighted by atomic mass is 32.2. The molecule has 0 saturated carbocycles. The predicted octanol–water partition coefficient (Wildman–Crippen LogP) is 0.522. The number of piperidine rings is 1. The van der Waals surface area contributed by atoms with E-state index in [0.717, 1.165) is 0 Å². The first-order valence-corrected chi connectivity index (χ1v) is 9.15. The minimum Gasteiger partial charge on any atom is -0.446 e. The molecule has 0 aromatic carbocycles. The summed E-state index contributed by atoms with van der Waals surface area (Å²) in [4.78, 5) is 11.4. The fourth-order valence-corrected chi connectivity index (χ4v) is 3.84. The summed E-state index contributed by atoms with van der Waals surface area (Å²) in [5.74, 6) is 0. The van der Waals surface area contributed by atoms with E-state index in [1.54, 1.807) is 25.6 Å². The average molecular weight is 325 g/mol. The zero-order valence-electron chi connectivity index (χ0n) is 12.1. The third-order valence-corrected chi connectivity index (χ3v) is 6.24. The molecule has 20 heavy (non-hydrogen) atoms. The van der Waals surface area contributed by atoms with E-state index in [2.05, 4.69) is 0 Å². The number of nitrogens with zero attached hydrogens (tertiary/aromatic N) is 1. The lowest BCUT2D eigenvalue weighted by Gasteiger charge is -2.39. The molecular formula is C11H23N3O4S2. The van der Waals surface area contributed by atoms with E-state index in [9.17, 15) is 13.2 Å². The lowest BCUT2D eigenvalue weighted by atomic mass is 9.97. The Morgan fingerprint density at radius 1 is 1.45 bits per heavy atom. The van der Waals surface area contributed by atoms with Crippen LogP contribution in [0.1, 0.15) is 26.7 Å². The molecule has 118 valence electrons. The van der Waals surface area contributed by atoms with Crippen molar-refractivity contribution in [2.45, 2.75) is 37.5 Å². The second kappa shape index (κ2) is 6.97. The van der Waals surface area contributed by atoms with Crippen molar-refractivity contribution >= 4 is 28.1 Å². The summed E-state index contributed by atoms with van der Waals surface area (Å²) in [5.41, 5.74) is 5.76. The molecule has 0 unspecified atom stereocenters. The molecular weight excluding hydrogens is 302 g/mol. The molecule has 1 fully saturated rings. The van der Waals surface area contributed by atoms with E-state index in [1.165, 1.54) is 4.31 Å². The third-order valence-electron chi connectivity index (χ3n) is 3.33. The van der Waals surface area contributed by atoms with Crippen LogP contribution in [0.15, 0.2) is 0 Å². The second-order valence-electron chi connectivity index (χ2n) is 5.05. The fraction of sp³-hybridized carbons (Fsp3) is 0.909.